The van der Waals surface area contributed by atoms with Crippen LogP contribution in [0.4, 0.5) is 4.79 Å². The smallest absolute Gasteiger partial charge is 0.318 e. The van der Waals surface area contributed by atoms with E-state index in [1.54, 1.807) is 26.1 Å². The van der Waals surface area contributed by atoms with E-state index in [0.717, 1.165) is 6.26 Å². The summed E-state index contributed by atoms with van der Waals surface area (Å²) in [6.45, 7) is 5.02. The summed E-state index contributed by atoms with van der Waals surface area (Å²) < 4.78 is 23.6. The van der Waals surface area contributed by atoms with Crippen LogP contribution in [0.3, 0.4) is 0 Å². The van der Waals surface area contributed by atoms with Crippen LogP contribution < -0.4 is 11.2 Å². The molecule has 1 aromatic rings. The summed E-state index contributed by atoms with van der Waals surface area (Å²) >= 11 is 0. The molecule has 0 radical (unpaired) electrons. The molecule has 2 heterocycles. The Bertz CT molecular complexity index is 1060. The number of nitrogens with two attached hydrogens (primary N) is 1. The van der Waals surface area contributed by atoms with Crippen LogP contribution in [-0.4, -0.2) is 58.1 Å². The summed E-state index contributed by atoms with van der Waals surface area (Å²) in [6, 6.07) is 1.40. The van der Waals surface area contributed by atoms with Crippen molar-refractivity contribution < 1.29 is 23.2 Å². The van der Waals surface area contributed by atoms with Crippen molar-refractivity contribution in [2.45, 2.75) is 44.0 Å². The highest BCUT2D eigenvalue weighted by Crippen LogP contribution is 2.25. The Kier molecular flexibility index (Phi) is 6.14. The summed E-state index contributed by atoms with van der Waals surface area (Å²) in [5, 5.41) is 8.87. The molecule has 1 atom stereocenters. The first-order chi connectivity index (χ1) is 13.3. The van der Waals surface area contributed by atoms with Gasteiger partial charge in [-0.1, -0.05) is 11.8 Å². The molecule has 0 saturated carbocycles. The molecule has 0 aliphatic carbocycles. The maximum absolute atomic E-state index is 12.6. The zero-order valence-corrected chi connectivity index (χ0v) is 17.6. The first-order valence-corrected chi connectivity index (χ1v) is 10.6. The molecule has 10 heteroatoms. The number of carbonyl (C=O) groups is 2. The van der Waals surface area contributed by atoms with E-state index in [1.807, 2.05) is 0 Å². The van der Waals surface area contributed by atoms with Gasteiger partial charge in [-0.25, -0.2) is 18.7 Å². The molecule has 29 heavy (non-hydrogen) atoms. The molecule has 1 aliphatic rings. The summed E-state index contributed by atoms with van der Waals surface area (Å²) in [5.74, 6) is 9.96. The molecular formula is C19H24N4O5S. The Labute approximate surface area is 170 Å². The molecule has 0 bridgehead atoms. The van der Waals surface area contributed by atoms with Gasteiger partial charge in [0.2, 0.25) is 0 Å². The molecule has 2 amide bonds. The average molecular weight is 420 g/mol. The summed E-state index contributed by atoms with van der Waals surface area (Å²) in [5.41, 5.74) is 7.82. The second-order valence-electron chi connectivity index (χ2n) is 7.71. The fraction of sp³-hybridized carbons (Fsp3) is 0.474. The molecule has 0 unspecified atom stereocenters. The topological polar surface area (TPSA) is 135 Å². The van der Waals surface area contributed by atoms with E-state index in [-0.39, 0.29) is 25.5 Å². The minimum Gasteiger partial charge on any atom is -0.318 e. The van der Waals surface area contributed by atoms with E-state index in [2.05, 4.69) is 23.7 Å². The van der Waals surface area contributed by atoms with Gasteiger partial charge in [0, 0.05) is 30.3 Å². The van der Waals surface area contributed by atoms with Crippen molar-refractivity contribution in [2.75, 3.05) is 12.8 Å². The minimum absolute atomic E-state index is 0.0234. The lowest BCUT2D eigenvalue weighted by Crippen LogP contribution is -2.50. The molecule has 9 nitrogen and oxygen atoms in total. The third kappa shape index (κ3) is 4.98. The molecule has 156 valence electrons. The first-order valence-electron chi connectivity index (χ1n) is 8.75. The molecular weight excluding hydrogens is 396 g/mol. The van der Waals surface area contributed by atoms with Gasteiger partial charge in [-0.3, -0.25) is 14.6 Å². The average Bonchev–Trinajstić information content (AvgIpc) is 3.13. The second kappa shape index (κ2) is 7.91. The largest absolute Gasteiger partial charge is 0.328 e. The van der Waals surface area contributed by atoms with E-state index in [4.69, 9.17) is 10.9 Å². The molecule has 0 aromatic carbocycles. The maximum Gasteiger partial charge on any atom is 0.328 e. The standard InChI is InChI=1S/C19H24N4O5S/c1-18(2,20)8-6-5-7-14-11-15-13-22(17(25)23(15)12-14)10-9-19(3,16(24)21-26)29(4,27)28/h11-12,26H,9-10,13,20H2,1-4H3,(H,21,24)/t19-/m1/s1. The Morgan fingerprint density at radius 3 is 2.52 bits per heavy atom. The first kappa shape index (κ1) is 22.5. The number of rotatable bonds is 5. The van der Waals surface area contributed by atoms with Gasteiger partial charge in [0.1, 0.15) is 0 Å². The van der Waals surface area contributed by atoms with Crippen LogP contribution in [0.25, 0.3) is 0 Å². The molecule has 0 fully saturated rings. The fourth-order valence-electron chi connectivity index (χ4n) is 2.70. The minimum atomic E-state index is -3.83. The highest BCUT2D eigenvalue weighted by atomic mass is 32.2. The molecule has 0 spiro atoms. The SMILES string of the molecule is CC(C)(N)C#CC#Cc1cc2n(c1)C(=O)N(CC[C@](C)(C(=O)NO)S(C)(=O)=O)C2. The van der Waals surface area contributed by atoms with E-state index < -0.39 is 26.0 Å². The number of hydroxylamine groups is 1. The van der Waals surface area contributed by atoms with Crippen molar-refractivity contribution in [3.05, 3.63) is 23.5 Å². The summed E-state index contributed by atoms with van der Waals surface area (Å²) in [4.78, 5) is 25.9. The predicted molar refractivity (Wildman–Crippen MR) is 106 cm³/mol. The highest BCUT2D eigenvalue weighted by Gasteiger charge is 2.44. The van der Waals surface area contributed by atoms with Gasteiger partial charge in [-0.05, 0) is 45.1 Å². The number of hydrogen-bond donors (Lipinski definition) is 3. The van der Waals surface area contributed by atoms with Crippen molar-refractivity contribution in [3.63, 3.8) is 0 Å². The number of hydrogen-bond acceptors (Lipinski definition) is 6. The number of nitrogens with one attached hydrogen (secondary N) is 1. The molecule has 2 rings (SSSR count). The molecule has 1 aromatic heterocycles. The molecule has 1 aliphatic heterocycles. The summed E-state index contributed by atoms with van der Waals surface area (Å²) in [6.07, 6.45) is 2.33. The van der Waals surface area contributed by atoms with Crippen molar-refractivity contribution >= 4 is 21.8 Å². The third-order valence-corrected chi connectivity index (χ3v) is 6.67. The lowest BCUT2D eigenvalue weighted by atomic mass is 10.1. The second-order valence-corrected chi connectivity index (χ2v) is 10.2. The maximum atomic E-state index is 12.6. The Hall–Kier alpha value is -2.79. The van der Waals surface area contributed by atoms with E-state index in [0.29, 0.717) is 11.3 Å². The van der Waals surface area contributed by atoms with Crippen LogP contribution in [0, 0.1) is 23.7 Å². The zero-order chi connectivity index (χ0) is 22.0. The van der Waals surface area contributed by atoms with Crippen LogP contribution in [0.1, 0.15) is 38.4 Å². The van der Waals surface area contributed by atoms with Gasteiger partial charge in [0.25, 0.3) is 5.91 Å². The number of fused-ring (bicyclic) bond motifs is 1. The fourth-order valence-corrected chi connectivity index (χ4v) is 3.54. The number of aromatic nitrogens is 1. The van der Waals surface area contributed by atoms with Gasteiger partial charge in [0.15, 0.2) is 14.6 Å². The van der Waals surface area contributed by atoms with Crippen molar-refractivity contribution in [2.24, 2.45) is 5.73 Å². The molecule has 0 saturated heterocycles. The van der Waals surface area contributed by atoms with Gasteiger partial charge in [-0.15, -0.1) is 0 Å². The third-order valence-electron chi connectivity index (χ3n) is 4.64. The van der Waals surface area contributed by atoms with Gasteiger partial charge in [-0.2, -0.15) is 0 Å². The van der Waals surface area contributed by atoms with E-state index in [9.17, 15) is 18.0 Å². The van der Waals surface area contributed by atoms with Gasteiger partial charge < -0.3 is 10.6 Å². The van der Waals surface area contributed by atoms with Crippen molar-refractivity contribution in [1.82, 2.24) is 14.9 Å². The van der Waals surface area contributed by atoms with Crippen molar-refractivity contribution in [3.8, 4) is 23.7 Å². The monoisotopic (exact) mass is 420 g/mol. The lowest BCUT2D eigenvalue weighted by molar-refractivity contribution is -0.131. The quantitative estimate of drug-likeness (QED) is 0.350. The van der Waals surface area contributed by atoms with Crippen LogP contribution in [0.15, 0.2) is 12.3 Å². The molecule has 4 N–H and O–H groups in total. The highest BCUT2D eigenvalue weighted by molar-refractivity contribution is 7.92. The van der Waals surface area contributed by atoms with Crippen LogP contribution in [0.2, 0.25) is 0 Å². The lowest BCUT2D eigenvalue weighted by Gasteiger charge is -2.27. The zero-order valence-electron chi connectivity index (χ0n) is 16.7. The van der Waals surface area contributed by atoms with Crippen molar-refractivity contribution in [1.29, 1.82) is 0 Å². The number of carbonyl (C=O) groups excluding carboxylic acids is 2. The van der Waals surface area contributed by atoms with Gasteiger partial charge in [0.05, 0.1) is 12.1 Å². The van der Waals surface area contributed by atoms with Crippen LogP contribution in [0.5, 0.6) is 0 Å². The van der Waals surface area contributed by atoms with Gasteiger partial charge >= 0.3 is 6.03 Å². The predicted octanol–water partition coefficient (Wildman–Crippen LogP) is 0.0628. The van der Waals surface area contributed by atoms with E-state index >= 15 is 0 Å². The summed E-state index contributed by atoms with van der Waals surface area (Å²) in [7, 11) is -3.83. The number of amides is 2. The number of sulfone groups is 1. The Morgan fingerprint density at radius 1 is 1.34 bits per heavy atom. The Morgan fingerprint density at radius 2 is 2.00 bits per heavy atom. The normalized spacial score (nSPS) is 15.5. The van der Waals surface area contributed by atoms with E-state index in [1.165, 1.54) is 21.9 Å². The number of nitrogens with zero attached hydrogens (tertiary/aromatic N) is 2. The Balaban J connectivity index is 2.11. The van der Waals surface area contributed by atoms with Crippen LogP contribution >= 0.6 is 0 Å². The van der Waals surface area contributed by atoms with Crippen LogP contribution in [-0.2, 0) is 21.2 Å².